The van der Waals surface area contributed by atoms with Crippen LogP contribution in [0.3, 0.4) is 0 Å². The lowest BCUT2D eigenvalue weighted by Gasteiger charge is -2.14. The number of aromatic nitrogens is 1. The lowest BCUT2D eigenvalue weighted by atomic mass is 10.1. The minimum atomic E-state index is -4.32. The van der Waals surface area contributed by atoms with E-state index in [4.69, 9.17) is 0 Å². The molecule has 1 heterocycles. The van der Waals surface area contributed by atoms with Gasteiger partial charge in [-0.1, -0.05) is 18.2 Å². The van der Waals surface area contributed by atoms with Gasteiger partial charge in [0.25, 0.3) is 0 Å². The molecular weight excluding hydrogens is 470 g/mol. The van der Waals surface area contributed by atoms with Crippen molar-refractivity contribution in [1.82, 2.24) is 15.6 Å². The van der Waals surface area contributed by atoms with E-state index in [2.05, 4.69) is 20.6 Å². The SMILES string of the molecule is CN=C(NCc1ccc(C(F)(F)F)cc1)NCc1cccc(N(C)C)n1.I. The summed E-state index contributed by atoms with van der Waals surface area (Å²) in [7, 11) is 5.47. The predicted molar refractivity (Wildman–Crippen MR) is 112 cm³/mol. The molecule has 9 heteroatoms. The van der Waals surface area contributed by atoms with E-state index >= 15 is 0 Å². The fourth-order valence-electron chi connectivity index (χ4n) is 2.21. The Morgan fingerprint density at radius 2 is 1.67 bits per heavy atom. The summed E-state index contributed by atoms with van der Waals surface area (Å²) in [6.45, 7) is 0.845. The molecule has 0 saturated heterocycles. The number of halogens is 4. The molecule has 2 rings (SSSR count). The van der Waals surface area contributed by atoms with Crippen LogP contribution in [0.4, 0.5) is 19.0 Å². The Morgan fingerprint density at radius 1 is 1.04 bits per heavy atom. The molecule has 0 atom stereocenters. The van der Waals surface area contributed by atoms with Crippen LogP contribution in [0.15, 0.2) is 47.5 Å². The first kappa shape index (κ1) is 23.0. The number of pyridine rings is 1. The molecule has 5 nitrogen and oxygen atoms in total. The summed E-state index contributed by atoms with van der Waals surface area (Å²) < 4.78 is 37.7. The van der Waals surface area contributed by atoms with Gasteiger partial charge >= 0.3 is 6.18 Å². The van der Waals surface area contributed by atoms with Gasteiger partial charge in [-0.05, 0) is 29.8 Å². The number of benzene rings is 1. The van der Waals surface area contributed by atoms with Crippen molar-refractivity contribution in [2.45, 2.75) is 19.3 Å². The first-order valence-corrected chi connectivity index (χ1v) is 8.03. The van der Waals surface area contributed by atoms with Crippen molar-refractivity contribution < 1.29 is 13.2 Å². The highest BCUT2D eigenvalue weighted by Gasteiger charge is 2.29. The zero-order chi connectivity index (χ0) is 19.2. The number of anilines is 1. The Balaban J connectivity index is 0.00000364. The fourth-order valence-corrected chi connectivity index (χ4v) is 2.21. The first-order chi connectivity index (χ1) is 12.3. The van der Waals surface area contributed by atoms with Crippen molar-refractivity contribution >= 4 is 35.8 Å². The summed E-state index contributed by atoms with van der Waals surface area (Å²) in [5.41, 5.74) is 0.929. The zero-order valence-corrected chi connectivity index (χ0v) is 17.7. The number of aliphatic imine (C=N–C) groups is 1. The number of hydrogen-bond donors (Lipinski definition) is 2. The van der Waals surface area contributed by atoms with E-state index in [0.29, 0.717) is 19.0 Å². The maximum atomic E-state index is 12.6. The Morgan fingerprint density at radius 3 is 2.22 bits per heavy atom. The quantitative estimate of drug-likeness (QED) is 0.380. The third kappa shape index (κ3) is 7.24. The number of rotatable bonds is 5. The zero-order valence-electron chi connectivity index (χ0n) is 15.3. The van der Waals surface area contributed by atoms with E-state index in [-0.39, 0.29) is 24.0 Å². The Labute approximate surface area is 174 Å². The Kier molecular flexibility index (Phi) is 8.80. The molecule has 0 unspecified atom stereocenters. The first-order valence-electron chi connectivity index (χ1n) is 8.03. The Hall–Kier alpha value is -2.04. The van der Waals surface area contributed by atoms with Crippen molar-refractivity contribution in [3.8, 4) is 0 Å². The van der Waals surface area contributed by atoms with Crippen molar-refractivity contribution in [3.63, 3.8) is 0 Å². The molecule has 0 radical (unpaired) electrons. The topological polar surface area (TPSA) is 52.6 Å². The van der Waals surface area contributed by atoms with Gasteiger partial charge in [0.2, 0.25) is 0 Å². The second kappa shape index (κ2) is 10.3. The van der Waals surface area contributed by atoms with E-state index in [0.717, 1.165) is 29.2 Å². The van der Waals surface area contributed by atoms with Crippen LogP contribution in [0.5, 0.6) is 0 Å². The molecule has 0 aliphatic carbocycles. The summed E-state index contributed by atoms with van der Waals surface area (Å²) in [4.78, 5) is 10.5. The molecule has 0 amide bonds. The second-order valence-corrected chi connectivity index (χ2v) is 5.86. The third-order valence-electron chi connectivity index (χ3n) is 3.65. The highest BCUT2D eigenvalue weighted by molar-refractivity contribution is 14.0. The highest BCUT2D eigenvalue weighted by Crippen LogP contribution is 2.29. The molecular formula is C18H23F3IN5. The predicted octanol–water partition coefficient (Wildman–Crippen LogP) is 3.65. The number of nitrogens with one attached hydrogen (secondary N) is 2. The minimum Gasteiger partial charge on any atom is -0.363 e. The highest BCUT2D eigenvalue weighted by atomic mass is 127. The van der Waals surface area contributed by atoms with Crippen LogP contribution in [-0.4, -0.2) is 32.1 Å². The summed E-state index contributed by atoms with van der Waals surface area (Å²) in [6, 6.07) is 10.8. The van der Waals surface area contributed by atoms with Gasteiger partial charge < -0.3 is 15.5 Å². The summed E-state index contributed by atoms with van der Waals surface area (Å²) >= 11 is 0. The molecule has 0 bridgehead atoms. The van der Waals surface area contributed by atoms with Gasteiger partial charge in [-0.25, -0.2) is 4.98 Å². The van der Waals surface area contributed by atoms with Crippen LogP contribution in [0.1, 0.15) is 16.8 Å². The van der Waals surface area contributed by atoms with Crippen molar-refractivity contribution in [1.29, 1.82) is 0 Å². The fraction of sp³-hybridized carbons (Fsp3) is 0.333. The van der Waals surface area contributed by atoms with Crippen LogP contribution in [-0.2, 0) is 19.3 Å². The lowest BCUT2D eigenvalue weighted by Crippen LogP contribution is -2.36. The Bertz CT molecular complexity index is 745. The number of nitrogens with zero attached hydrogens (tertiary/aromatic N) is 3. The standard InChI is InChI=1S/C18H22F3N5.HI/c1-22-17(24-12-15-5-4-6-16(25-15)26(2)3)23-11-13-7-9-14(10-8-13)18(19,20)21;/h4-10H,11-12H2,1-3H3,(H2,22,23,24);1H. The average Bonchev–Trinajstić information content (AvgIpc) is 2.61. The molecule has 0 fully saturated rings. The van der Waals surface area contributed by atoms with E-state index < -0.39 is 11.7 Å². The van der Waals surface area contributed by atoms with Crippen molar-refractivity contribution in [3.05, 3.63) is 59.3 Å². The van der Waals surface area contributed by atoms with Crippen molar-refractivity contribution in [2.24, 2.45) is 4.99 Å². The van der Waals surface area contributed by atoms with E-state index in [1.165, 1.54) is 12.1 Å². The van der Waals surface area contributed by atoms with Crippen LogP contribution >= 0.6 is 24.0 Å². The largest absolute Gasteiger partial charge is 0.416 e. The smallest absolute Gasteiger partial charge is 0.363 e. The molecule has 27 heavy (non-hydrogen) atoms. The average molecular weight is 493 g/mol. The van der Waals surface area contributed by atoms with E-state index in [1.54, 1.807) is 7.05 Å². The molecule has 0 spiro atoms. The summed E-state index contributed by atoms with van der Waals surface area (Å²) in [5.74, 6) is 1.40. The maximum absolute atomic E-state index is 12.6. The minimum absolute atomic E-state index is 0. The summed E-state index contributed by atoms with van der Waals surface area (Å²) in [5, 5.41) is 6.21. The summed E-state index contributed by atoms with van der Waals surface area (Å²) in [6.07, 6.45) is -4.32. The van der Waals surface area contributed by atoms with Gasteiger partial charge in [-0.15, -0.1) is 24.0 Å². The van der Waals surface area contributed by atoms with Gasteiger partial charge in [-0.2, -0.15) is 13.2 Å². The molecule has 1 aromatic carbocycles. The maximum Gasteiger partial charge on any atom is 0.416 e. The lowest BCUT2D eigenvalue weighted by molar-refractivity contribution is -0.137. The van der Waals surface area contributed by atoms with E-state index in [1.807, 2.05) is 37.2 Å². The number of alkyl halides is 3. The third-order valence-corrected chi connectivity index (χ3v) is 3.65. The molecule has 2 N–H and O–H groups in total. The molecule has 2 aromatic rings. The molecule has 0 saturated carbocycles. The second-order valence-electron chi connectivity index (χ2n) is 5.86. The van der Waals surface area contributed by atoms with E-state index in [9.17, 15) is 13.2 Å². The molecule has 148 valence electrons. The van der Waals surface area contributed by atoms with Gasteiger partial charge in [-0.3, -0.25) is 4.99 Å². The van der Waals surface area contributed by atoms with Crippen LogP contribution in [0.25, 0.3) is 0 Å². The monoisotopic (exact) mass is 493 g/mol. The van der Waals surface area contributed by atoms with Gasteiger partial charge in [0.1, 0.15) is 5.82 Å². The van der Waals surface area contributed by atoms with Gasteiger partial charge in [0.15, 0.2) is 5.96 Å². The molecule has 1 aromatic heterocycles. The molecule has 0 aliphatic heterocycles. The molecule has 0 aliphatic rings. The van der Waals surface area contributed by atoms with Gasteiger partial charge in [0, 0.05) is 27.7 Å². The van der Waals surface area contributed by atoms with Crippen LogP contribution in [0, 0.1) is 0 Å². The number of hydrogen-bond acceptors (Lipinski definition) is 3. The van der Waals surface area contributed by atoms with Crippen LogP contribution in [0.2, 0.25) is 0 Å². The number of guanidine groups is 1. The van der Waals surface area contributed by atoms with Crippen LogP contribution < -0.4 is 15.5 Å². The van der Waals surface area contributed by atoms with Crippen molar-refractivity contribution in [2.75, 3.05) is 26.0 Å². The van der Waals surface area contributed by atoms with Gasteiger partial charge in [0.05, 0.1) is 17.8 Å². The normalized spacial score (nSPS) is 11.6.